The van der Waals surface area contributed by atoms with Gasteiger partial charge in [-0.15, -0.1) is 0 Å². The Morgan fingerprint density at radius 2 is 1.65 bits per heavy atom. The third kappa shape index (κ3) is 2.66. The number of aryl methyl sites for hydroxylation is 1. The van der Waals surface area contributed by atoms with Gasteiger partial charge in [-0.2, -0.15) is 26.3 Å². The van der Waals surface area contributed by atoms with Crippen molar-refractivity contribution < 1.29 is 26.3 Å². The highest BCUT2D eigenvalue weighted by Crippen LogP contribution is 2.40. The topological polar surface area (TPSA) is 4.93 Å². The molecule has 7 heteroatoms. The summed E-state index contributed by atoms with van der Waals surface area (Å²) in [5.74, 6) is 0. The van der Waals surface area contributed by atoms with Gasteiger partial charge in [0.1, 0.15) is 0 Å². The van der Waals surface area contributed by atoms with Crippen LogP contribution in [-0.2, 0) is 19.4 Å². The van der Waals surface area contributed by atoms with Gasteiger partial charge >= 0.3 is 12.4 Å². The van der Waals surface area contributed by atoms with E-state index < -0.39 is 23.5 Å². The molecule has 2 rings (SSSR count). The zero-order valence-electron chi connectivity index (χ0n) is 10.1. The summed E-state index contributed by atoms with van der Waals surface area (Å²) in [5, 5.41) is 0. The lowest BCUT2D eigenvalue weighted by molar-refractivity contribution is -0.142. The van der Waals surface area contributed by atoms with Crippen LogP contribution in [0.15, 0.2) is 30.5 Å². The molecule has 0 bridgehead atoms. The third-order valence-corrected chi connectivity index (χ3v) is 2.80. The summed E-state index contributed by atoms with van der Waals surface area (Å²) in [4.78, 5) is 0. The monoisotopic (exact) mass is 292 g/mol. The van der Waals surface area contributed by atoms with Crippen LogP contribution in [-0.4, -0.2) is 4.57 Å². The Morgan fingerprint density at radius 3 is 2.10 bits per heavy atom. The predicted octanol–water partition coefficient (Wildman–Crippen LogP) is 4.53. The fourth-order valence-electron chi connectivity index (χ4n) is 1.85. The Kier molecular flexibility index (Phi) is 3.31. The van der Waals surface area contributed by atoms with Crippen LogP contribution >= 0.6 is 0 Å². The Balaban J connectivity index is 2.68. The number of nitrogens with zero attached hydrogens (tertiary/aromatic N) is 1. The van der Waals surface area contributed by atoms with Gasteiger partial charge in [-0.05, 0) is 18.2 Å². The summed E-state index contributed by atoms with van der Waals surface area (Å²) >= 11 is 0. The first-order valence-corrected chi connectivity index (χ1v) is 5.42. The Hall–Kier alpha value is -1.92. The standard InChI is InChI=1S/C13H8F6N/c1-20-6-2-3-11(20)9-5-4-8(12(14,15)16)7-10(9)13(17,18)19/h3-7H,1H3. The number of rotatable bonds is 1. The molecule has 1 nitrogen and oxygen atoms in total. The largest absolute Gasteiger partial charge is 0.417 e. The number of alkyl halides is 6. The summed E-state index contributed by atoms with van der Waals surface area (Å²) in [6, 6.07) is 5.47. The smallest absolute Gasteiger partial charge is 0.350 e. The van der Waals surface area contributed by atoms with E-state index in [2.05, 4.69) is 6.07 Å². The van der Waals surface area contributed by atoms with Crippen molar-refractivity contribution in [1.82, 2.24) is 4.57 Å². The minimum absolute atomic E-state index is 0.127. The summed E-state index contributed by atoms with van der Waals surface area (Å²) in [5.41, 5.74) is -2.81. The van der Waals surface area contributed by atoms with Gasteiger partial charge < -0.3 is 4.57 Å². The van der Waals surface area contributed by atoms with Crippen molar-refractivity contribution >= 4 is 0 Å². The molecule has 0 aliphatic rings. The van der Waals surface area contributed by atoms with Crippen molar-refractivity contribution in [2.24, 2.45) is 7.05 Å². The van der Waals surface area contributed by atoms with E-state index in [-0.39, 0.29) is 17.3 Å². The maximum atomic E-state index is 13.0. The summed E-state index contributed by atoms with van der Waals surface area (Å²) in [7, 11) is 1.49. The molecule has 2 aromatic rings. The molecular formula is C13H8F6N. The molecule has 1 aromatic heterocycles. The molecule has 0 N–H and O–H groups in total. The highest BCUT2D eigenvalue weighted by atomic mass is 19.4. The lowest BCUT2D eigenvalue weighted by Crippen LogP contribution is -2.12. The van der Waals surface area contributed by atoms with Gasteiger partial charge in [-0.25, -0.2) is 0 Å². The molecule has 0 fully saturated rings. The van der Waals surface area contributed by atoms with E-state index in [0.29, 0.717) is 6.07 Å². The van der Waals surface area contributed by atoms with Crippen molar-refractivity contribution in [2.75, 3.05) is 0 Å². The number of benzene rings is 1. The maximum Gasteiger partial charge on any atom is 0.417 e. The lowest BCUT2D eigenvalue weighted by Gasteiger charge is -2.16. The lowest BCUT2D eigenvalue weighted by atomic mass is 10.0. The van der Waals surface area contributed by atoms with Crippen molar-refractivity contribution in [3.8, 4) is 11.3 Å². The van der Waals surface area contributed by atoms with Crippen molar-refractivity contribution in [3.63, 3.8) is 0 Å². The van der Waals surface area contributed by atoms with E-state index >= 15 is 0 Å². The molecule has 20 heavy (non-hydrogen) atoms. The molecule has 0 aliphatic heterocycles. The second kappa shape index (κ2) is 4.57. The minimum atomic E-state index is -4.87. The van der Waals surface area contributed by atoms with Gasteiger partial charge in [0.25, 0.3) is 0 Å². The highest BCUT2D eigenvalue weighted by molar-refractivity contribution is 5.66. The van der Waals surface area contributed by atoms with Gasteiger partial charge in [0.05, 0.1) is 11.1 Å². The minimum Gasteiger partial charge on any atom is -0.350 e. The first kappa shape index (κ1) is 14.5. The van der Waals surface area contributed by atoms with Crippen LogP contribution in [0.25, 0.3) is 11.3 Å². The molecule has 0 aliphatic carbocycles. The number of hydrogen-bond donors (Lipinski definition) is 0. The average molecular weight is 292 g/mol. The van der Waals surface area contributed by atoms with E-state index in [9.17, 15) is 26.3 Å². The van der Waals surface area contributed by atoms with Crippen LogP contribution in [0.2, 0.25) is 0 Å². The summed E-state index contributed by atoms with van der Waals surface area (Å²) < 4.78 is 77.8. The van der Waals surface area contributed by atoms with Crippen LogP contribution in [0, 0.1) is 6.07 Å². The van der Waals surface area contributed by atoms with Crippen molar-refractivity contribution in [3.05, 3.63) is 47.7 Å². The van der Waals surface area contributed by atoms with Crippen LogP contribution in [0.3, 0.4) is 0 Å². The van der Waals surface area contributed by atoms with E-state index in [1.807, 2.05) is 0 Å². The molecular weight excluding hydrogens is 284 g/mol. The van der Waals surface area contributed by atoms with E-state index in [1.54, 1.807) is 0 Å². The zero-order chi connectivity index (χ0) is 15.1. The molecule has 0 saturated carbocycles. The van der Waals surface area contributed by atoms with Crippen LogP contribution in [0.1, 0.15) is 11.1 Å². The number of hydrogen-bond acceptors (Lipinski definition) is 0. The number of halogens is 6. The number of aromatic nitrogens is 1. The van der Waals surface area contributed by atoms with E-state index in [4.69, 9.17) is 0 Å². The average Bonchev–Trinajstić information content (AvgIpc) is 2.72. The Labute approximate surface area is 110 Å². The zero-order valence-corrected chi connectivity index (χ0v) is 10.1. The Morgan fingerprint density at radius 1 is 1.00 bits per heavy atom. The van der Waals surface area contributed by atoms with Crippen LogP contribution in [0.4, 0.5) is 26.3 Å². The second-order valence-electron chi connectivity index (χ2n) is 4.19. The molecule has 1 radical (unpaired) electrons. The SMILES string of the molecule is Cn1c[c]cc1-c1ccc(C(F)(F)F)cc1C(F)(F)F. The normalized spacial score (nSPS) is 12.8. The van der Waals surface area contributed by atoms with Gasteiger partial charge in [0.2, 0.25) is 0 Å². The molecule has 1 heterocycles. The molecule has 0 unspecified atom stereocenters. The van der Waals surface area contributed by atoms with Crippen molar-refractivity contribution in [2.45, 2.75) is 12.4 Å². The first-order chi connectivity index (χ1) is 9.10. The molecule has 0 amide bonds. The van der Waals surface area contributed by atoms with Crippen molar-refractivity contribution in [1.29, 1.82) is 0 Å². The summed E-state index contributed by atoms with van der Waals surface area (Å²) in [6.07, 6.45) is -8.30. The van der Waals surface area contributed by atoms with Crippen LogP contribution in [0.5, 0.6) is 0 Å². The Bertz CT molecular complexity index is 621. The van der Waals surface area contributed by atoms with Gasteiger partial charge in [-0.3, -0.25) is 0 Å². The summed E-state index contributed by atoms with van der Waals surface area (Å²) in [6.45, 7) is 0. The quantitative estimate of drug-likeness (QED) is 0.681. The predicted molar refractivity (Wildman–Crippen MR) is 59.7 cm³/mol. The second-order valence-corrected chi connectivity index (χ2v) is 4.19. The molecule has 107 valence electrons. The van der Waals surface area contributed by atoms with E-state index in [0.717, 1.165) is 6.07 Å². The fourth-order valence-corrected chi connectivity index (χ4v) is 1.85. The fraction of sp³-hybridized carbons (Fsp3) is 0.231. The van der Waals surface area contributed by atoms with Gasteiger partial charge in [0.15, 0.2) is 0 Å². The maximum absolute atomic E-state index is 13.0. The van der Waals surface area contributed by atoms with Gasteiger partial charge in [0, 0.05) is 30.6 Å². The molecule has 0 atom stereocenters. The van der Waals surface area contributed by atoms with Gasteiger partial charge in [-0.1, -0.05) is 6.07 Å². The molecule has 0 spiro atoms. The highest BCUT2D eigenvalue weighted by Gasteiger charge is 2.38. The molecule has 0 saturated heterocycles. The van der Waals surface area contributed by atoms with E-state index in [1.165, 1.54) is 23.9 Å². The third-order valence-electron chi connectivity index (χ3n) is 2.80. The first-order valence-electron chi connectivity index (χ1n) is 5.42. The van der Waals surface area contributed by atoms with Crippen LogP contribution < -0.4 is 0 Å². The molecule has 1 aromatic carbocycles.